The number of hydrogen-bond donors (Lipinski definition) is 2. The van der Waals surface area contributed by atoms with Crippen molar-refractivity contribution in [3.05, 3.63) is 137 Å². The maximum Gasteiger partial charge on any atom is 0.251 e. The maximum atomic E-state index is 13.0. The fourth-order valence-electron chi connectivity index (χ4n) is 4.83. The lowest BCUT2D eigenvalue weighted by molar-refractivity contribution is -0.116. The average Bonchev–Trinajstić information content (AvgIpc) is 2.96. The van der Waals surface area contributed by atoms with Crippen molar-refractivity contribution < 1.29 is 14.3 Å². The second-order valence-corrected chi connectivity index (χ2v) is 9.22. The number of ether oxygens (including phenoxy) is 1. The van der Waals surface area contributed by atoms with Gasteiger partial charge in [-0.3, -0.25) is 9.59 Å². The Kier molecular flexibility index (Phi) is 7.72. The molecule has 0 bridgehead atoms. The minimum absolute atomic E-state index is 0.0420. The van der Waals surface area contributed by atoms with Crippen LogP contribution in [-0.2, 0) is 16.0 Å². The summed E-state index contributed by atoms with van der Waals surface area (Å²) in [6.45, 7) is 1.07. The molecule has 0 aromatic heterocycles. The predicted molar refractivity (Wildman–Crippen MR) is 146 cm³/mol. The molecular formula is C32H30N2O3. The second kappa shape index (κ2) is 11.7. The Morgan fingerprint density at radius 2 is 1.41 bits per heavy atom. The lowest BCUT2D eigenvalue weighted by Gasteiger charge is -2.26. The van der Waals surface area contributed by atoms with E-state index in [2.05, 4.69) is 47.0 Å². The summed E-state index contributed by atoms with van der Waals surface area (Å²) in [5, 5.41) is 5.96. The van der Waals surface area contributed by atoms with Crippen LogP contribution in [0.2, 0.25) is 0 Å². The third kappa shape index (κ3) is 6.13. The molecular weight excluding hydrogens is 460 g/mol. The highest BCUT2D eigenvalue weighted by atomic mass is 16.5. The summed E-state index contributed by atoms with van der Waals surface area (Å²) in [5.41, 5.74) is 5.80. The monoisotopic (exact) mass is 490 g/mol. The highest BCUT2D eigenvalue weighted by Gasteiger charge is 2.21. The number of amides is 2. The molecule has 4 aromatic carbocycles. The van der Waals surface area contributed by atoms with Gasteiger partial charge < -0.3 is 15.4 Å². The third-order valence-electron chi connectivity index (χ3n) is 6.76. The molecule has 0 saturated carbocycles. The summed E-state index contributed by atoms with van der Waals surface area (Å²) in [5.74, 6) is -0.291. The number of anilines is 1. The standard InChI is InChI=1S/C32H30N2O3/c35-31(21-29(23-9-3-1-4-10-23)24-11-5-2-6-12-24)34-27-17-15-26(16-18-27)32(36)33-22-30-28-14-8-7-13-25(28)19-20-37-30/h1-18,29-30H,19-22H2,(H,33,36)(H,34,35)/t30-/m0/s1. The molecule has 0 aliphatic carbocycles. The van der Waals surface area contributed by atoms with Crippen molar-refractivity contribution in [2.24, 2.45) is 0 Å². The van der Waals surface area contributed by atoms with Crippen LogP contribution in [0.3, 0.4) is 0 Å². The van der Waals surface area contributed by atoms with E-state index in [4.69, 9.17) is 4.74 Å². The Labute approximate surface area is 217 Å². The third-order valence-corrected chi connectivity index (χ3v) is 6.76. The van der Waals surface area contributed by atoms with Crippen LogP contribution < -0.4 is 10.6 Å². The van der Waals surface area contributed by atoms with Gasteiger partial charge in [0.15, 0.2) is 0 Å². The zero-order valence-corrected chi connectivity index (χ0v) is 20.6. The Hall–Kier alpha value is -4.22. The van der Waals surface area contributed by atoms with Gasteiger partial charge in [-0.2, -0.15) is 0 Å². The maximum absolute atomic E-state index is 13.0. The first-order valence-electron chi connectivity index (χ1n) is 12.6. The molecule has 1 atom stereocenters. The Morgan fingerprint density at radius 1 is 0.784 bits per heavy atom. The van der Waals surface area contributed by atoms with Gasteiger partial charge in [0, 0.05) is 30.1 Å². The second-order valence-electron chi connectivity index (χ2n) is 9.22. The molecule has 37 heavy (non-hydrogen) atoms. The van der Waals surface area contributed by atoms with Crippen LogP contribution in [0.15, 0.2) is 109 Å². The summed E-state index contributed by atoms with van der Waals surface area (Å²) in [7, 11) is 0. The van der Waals surface area contributed by atoms with E-state index >= 15 is 0 Å². The van der Waals surface area contributed by atoms with E-state index in [0.717, 1.165) is 23.1 Å². The largest absolute Gasteiger partial charge is 0.371 e. The summed E-state index contributed by atoms with van der Waals surface area (Å²) >= 11 is 0. The lowest BCUT2D eigenvalue weighted by atomic mass is 9.88. The zero-order valence-electron chi connectivity index (χ0n) is 20.6. The van der Waals surface area contributed by atoms with Crippen LogP contribution in [-0.4, -0.2) is 25.0 Å². The molecule has 0 radical (unpaired) electrons. The molecule has 5 rings (SSSR count). The number of fused-ring (bicyclic) bond motifs is 1. The number of benzene rings is 4. The van der Waals surface area contributed by atoms with E-state index in [9.17, 15) is 9.59 Å². The minimum Gasteiger partial charge on any atom is -0.371 e. The molecule has 0 saturated heterocycles. The Balaban J connectivity index is 1.19. The topological polar surface area (TPSA) is 67.4 Å². The van der Waals surface area contributed by atoms with Crippen molar-refractivity contribution in [2.45, 2.75) is 24.9 Å². The molecule has 0 fully saturated rings. The number of rotatable bonds is 8. The molecule has 2 N–H and O–H groups in total. The highest BCUT2D eigenvalue weighted by Crippen LogP contribution is 2.29. The van der Waals surface area contributed by atoms with Crippen molar-refractivity contribution in [3.8, 4) is 0 Å². The van der Waals surface area contributed by atoms with Gasteiger partial charge in [-0.15, -0.1) is 0 Å². The molecule has 0 unspecified atom stereocenters. The molecule has 5 nitrogen and oxygen atoms in total. The van der Waals surface area contributed by atoms with E-state index in [-0.39, 0.29) is 23.8 Å². The first kappa shape index (κ1) is 24.5. The minimum atomic E-state index is -0.169. The Morgan fingerprint density at radius 3 is 2.08 bits per heavy atom. The summed E-state index contributed by atoms with van der Waals surface area (Å²) in [4.78, 5) is 25.7. The van der Waals surface area contributed by atoms with Crippen LogP contribution in [0.1, 0.15) is 51.1 Å². The first-order chi connectivity index (χ1) is 18.2. The Bertz CT molecular complexity index is 1300. The number of nitrogens with one attached hydrogen (secondary N) is 2. The van der Waals surface area contributed by atoms with Crippen LogP contribution in [0.5, 0.6) is 0 Å². The molecule has 1 heterocycles. The number of hydrogen-bond acceptors (Lipinski definition) is 3. The van der Waals surface area contributed by atoms with Gasteiger partial charge in [-0.25, -0.2) is 0 Å². The van der Waals surface area contributed by atoms with E-state index in [1.807, 2.05) is 48.5 Å². The van der Waals surface area contributed by atoms with Gasteiger partial charge in [0.25, 0.3) is 5.91 Å². The molecule has 1 aliphatic heterocycles. The fourth-order valence-corrected chi connectivity index (χ4v) is 4.83. The van der Waals surface area contributed by atoms with Gasteiger partial charge in [0.2, 0.25) is 5.91 Å². The fraction of sp³-hybridized carbons (Fsp3) is 0.188. The SMILES string of the molecule is O=C(CC(c1ccccc1)c1ccccc1)Nc1ccc(C(=O)NC[C@@H]2OCCc3ccccc32)cc1. The smallest absolute Gasteiger partial charge is 0.251 e. The van der Waals surface area contributed by atoms with E-state index in [1.54, 1.807) is 24.3 Å². The van der Waals surface area contributed by atoms with Gasteiger partial charge in [0.1, 0.15) is 6.10 Å². The number of carbonyl (C=O) groups excluding carboxylic acids is 2. The lowest BCUT2D eigenvalue weighted by Crippen LogP contribution is -2.31. The first-order valence-corrected chi connectivity index (χ1v) is 12.6. The van der Waals surface area contributed by atoms with Crippen molar-refractivity contribution >= 4 is 17.5 Å². The van der Waals surface area contributed by atoms with E-state index in [1.165, 1.54) is 5.56 Å². The molecule has 0 spiro atoms. The van der Waals surface area contributed by atoms with Gasteiger partial charge >= 0.3 is 0 Å². The van der Waals surface area contributed by atoms with Crippen molar-refractivity contribution in [2.75, 3.05) is 18.5 Å². The van der Waals surface area contributed by atoms with Gasteiger partial charge in [-0.05, 0) is 52.9 Å². The highest BCUT2D eigenvalue weighted by molar-refractivity contribution is 5.96. The van der Waals surface area contributed by atoms with Gasteiger partial charge in [-0.1, -0.05) is 84.9 Å². The zero-order chi connectivity index (χ0) is 25.5. The molecule has 2 amide bonds. The van der Waals surface area contributed by atoms with E-state index in [0.29, 0.717) is 30.8 Å². The summed E-state index contributed by atoms with van der Waals surface area (Å²) < 4.78 is 5.89. The number of carbonyl (C=O) groups is 2. The van der Waals surface area contributed by atoms with Crippen LogP contribution in [0.4, 0.5) is 5.69 Å². The van der Waals surface area contributed by atoms with E-state index < -0.39 is 0 Å². The average molecular weight is 491 g/mol. The van der Waals surface area contributed by atoms with Crippen molar-refractivity contribution in [1.82, 2.24) is 5.32 Å². The van der Waals surface area contributed by atoms with Crippen LogP contribution in [0, 0.1) is 0 Å². The van der Waals surface area contributed by atoms with Crippen LogP contribution in [0.25, 0.3) is 0 Å². The molecule has 1 aliphatic rings. The van der Waals surface area contributed by atoms with Gasteiger partial charge in [0.05, 0.1) is 6.61 Å². The molecule has 4 aromatic rings. The molecule has 186 valence electrons. The summed E-state index contributed by atoms with van der Waals surface area (Å²) in [6, 6.07) is 35.3. The normalized spacial score (nSPS) is 14.6. The molecule has 5 heteroatoms. The van der Waals surface area contributed by atoms with Crippen molar-refractivity contribution in [3.63, 3.8) is 0 Å². The van der Waals surface area contributed by atoms with Crippen LogP contribution >= 0.6 is 0 Å². The quantitative estimate of drug-likeness (QED) is 0.324. The van der Waals surface area contributed by atoms with Crippen molar-refractivity contribution in [1.29, 1.82) is 0 Å². The predicted octanol–water partition coefficient (Wildman–Crippen LogP) is 5.89. The summed E-state index contributed by atoms with van der Waals surface area (Å²) in [6.07, 6.45) is 1.07.